The molecule has 1 heterocycles. The van der Waals surface area contributed by atoms with Crippen LogP contribution < -0.4 is 11.1 Å². The second kappa shape index (κ2) is 8.23. The molecule has 5 N–H and O–H groups in total. The van der Waals surface area contributed by atoms with Crippen LogP contribution in [0.1, 0.15) is 21.5 Å². The van der Waals surface area contributed by atoms with Crippen molar-refractivity contribution in [3.05, 3.63) is 89.6 Å². The number of carboxylic acids is 1. The van der Waals surface area contributed by atoms with E-state index in [0.29, 0.717) is 23.4 Å². The number of rotatable bonds is 6. The van der Waals surface area contributed by atoms with Crippen LogP contribution in [0.5, 0.6) is 0 Å². The summed E-state index contributed by atoms with van der Waals surface area (Å²) < 4.78 is 0. The molecule has 4 rings (SSSR count). The maximum absolute atomic E-state index is 13.0. The maximum Gasteiger partial charge on any atom is 0.307 e. The Balaban J connectivity index is 1.73. The first-order chi connectivity index (χ1) is 14.5. The van der Waals surface area contributed by atoms with Crippen LogP contribution in [-0.4, -0.2) is 22.0 Å². The average molecular weight is 399 g/mol. The fraction of sp³-hybridized carbons (Fsp3) is 0.0833. The zero-order valence-electron chi connectivity index (χ0n) is 16.2. The van der Waals surface area contributed by atoms with Crippen LogP contribution in [0.25, 0.3) is 22.0 Å². The highest BCUT2D eigenvalue weighted by atomic mass is 16.4. The minimum absolute atomic E-state index is 0.163. The number of carbonyl (C=O) groups is 2. The topological polar surface area (TPSA) is 108 Å². The van der Waals surface area contributed by atoms with Gasteiger partial charge in [0.1, 0.15) is 0 Å². The number of nitrogens with two attached hydrogens (primary N) is 1. The molecule has 4 aromatic rings. The molecule has 0 spiro atoms. The van der Waals surface area contributed by atoms with Crippen molar-refractivity contribution in [3.8, 4) is 11.1 Å². The molecule has 30 heavy (non-hydrogen) atoms. The molecule has 0 unspecified atom stereocenters. The van der Waals surface area contributed by atoms with Crippen LogP contribution >= 0.6 is 0 Å². The second-order valence-electron chi connectivity index (χ2n) is 7.05. The number of fused-ring (bicyclic) bond motifs is 1. The van der Waals surface area contributed by atoms with Gasteiger partial charge in [0.15, 0.2) is 0 Å². The average Bonchev–Trinajstić information content (AvgIpc) is 3.23. The lowest BCUT2D eigenvalue weighted by Crippen LogP contribution is -2.14. The van der Waals surface area contributed by atoms with Gasteiger partial charge in [0, 0.05) is 34.9 Å². The normalized spacial score (nSPS) is 10.8. The first-order valence-electron chi connectivity index (χ1n) is 9.56. The number of carboxylic acid groups (broad SMARTS) is 1. The van der Waals surface area contributed by atoms with Gasteiger partial charge in [0.25, 0.3) is 5.91 Å². The highest BCUT2D eigenvalue weighted by Crippen LogP contribution is 2.31. The van der Waals surface area contributed by atoms with Crippen LogP contribution in [0, 0.1) is 0 Å². The molecule has 6 heteroatoms. The fourth-order valence-electron chi connectivity index (χ4n) is 3.56. The molecule has 0 aliphatic carbocycles. The summed E-state index contributed by atoms with van der Waals surface area (Å²) in [5.74, 6) is -1.26. The minimum atomic E-state index is -0.952. The number of para-hydroxylation sites is 1. The molecule has 0 aliphatic rings. The zero-order valence-corrected chi connectivity index (χ0v) is 16.2. The third-order valence-corrected chi connectivity index (χ3v) is 5.01. The van der Waals surface area contributed by atoms with Crippen molar-refractivity contribution < 1.29 is 14.7 Å². The number of aliphatic carboxylic acids is 1. The molecular weight excluding hydrogens is 378 g/mol. The van der Waals surface area contributed by atoms with Gasteiger partial charge in [-0.25, -0.2) is 0 Å². The summed E-state index contributed by atoms with van der Waals surface area (Å²) in [5.41, 5.74) is 11.1. The Morgan fingerprint density at radius 1 is 1.00 bits per heavy atom. The van der Waals surface area contributed by atoms with Crippen molar-refractivity contribution >= 4 is 28.5 Å². The van der Waals surface area contributed by atoms with Crippen LogP contribution in [0.15, 0.2) is 72.9 Å². The number of H-pyrrole nitrogens is 1. The highest BCUT2D eigenvalue weighted by molar-refractivity contribution is 6.09. The number of aromatic amines is 1. The molecule has 0 bridgehead atoms. The molecule has 150 valence electrons. The number of nitrogens with one attached hydrogen (secondary N) is 2. The van der Waals surface area contributed by atoms with E-state index in [1.807, 2.05) is 42.6 Å². The zero-order chi connectivity index (χ0) is 21.1. The van der Waals surface area contributed by atoms with Crippen molar-refractivity contribution in [1.82, 2.24) is 4.98 Å². The Bertz CT molecular complexity index is 1240. The minimum Gasteiger partial charge on any atom is -0.481 e. The predicted octanol–water partition coefficient (Wildman–Crippen LogP) is 4.17. The quantitative estimate of drug-likeness (QED) is 0.390. The molecule has 3 aromatic carbocycles. The SMILES string of the molecule is NCc1cccc(-c2cc(C(=O)Nc3ccccc3CC(=O)O)cc3[nH]ccc23)c1. The van der Waals surface area contributed by atoms with Crippen molar-refractivity contribution in [2.24, 2.45) is 5.73 Å². The van der Waals surface area contributed by atoms with Crippen molar-refractivity contribution in [2.75, 3.05) is 5.32 Å². The number of anilines is 1. The van der Waals surface area contributed by atoms with E-state index in [1.165, 1.54) is 0 Å². The Hall–Kier alpha value is -3.90. The van der Waals surface area contributed by atoms with Gasteiger partial charge in [-0.15, -0.1) is 0 Å². The van der Waals surface area contributed by atoms with Gasteiger partial charge in [-0.3, -0.25) is 9.59 Å². The number of carbonyl (C=O) groups excluding carboxylic acids is 1. The van der Waals surface area contributed by atoms with E-state index in [0.717, 1.165) is 27.6 Å². The summed E-state index contributed by atoms with van der Waals surface area (Å²) in [5, 5.41) is 13.0. The summed E-state index contributed by atoms with van der Waals surface area (Å²) in [6.07, 6.45) is 1.67. The number of aromatic nitrogens is 1. The summed E-state index contributed by atoms with van der Waals surface area (Å²) in [6.45, 7) is 0.435. The molecule has 0 radical (unpaired) electrons. The van der Waals surface area contributed by atoms with Gasteiger partial charge in [-0.1, -0.05) is 36.4 Å². The summed E-state index contributed by atoms with van der Waals surface area (Å²) in [4.78, 5) is 27.3. The molecular formula is C24H21N3O3. The van der Waals surface area contributed by atoms with Gasteiger partial charge < -0.3 is 21.1 Å². The molecule has 0 aliphatic heterocycles. The van der Waals surface area contributed by atoms with E-state index in [1.54, 1.807) is 30.3 Å². The summed E-state index contributed by atoms with van der Waals surface area (Å²) in [7, 11) is 0. The van der Waals surface area contributed by atoms with Crippen molar-refractivity contribution in [2.45, 2.75) is 13.0 Å². The molecule has 0 atom stereocenters. The Morgan fingerprint density at radius 3 is 2.63 bits per heavy atom. The lowest BCUT2D eigenvalue weighted by molar-refractivity contribution is -0.136. The molecule has 0 fully saturated rings. The molecule has 1 amide bonds. The first-order valence-corrected chi connectivity index (χ1v) is 9.56. The third kappa shape index (κ3) is 3.94. The largest absolute Gasteiger partial charge is 0.481 e. The summed E-state index contributed by atoms with van der Waals surface area (Å²) >= 11 is 0. The van der Waals surface area contributed by atoms with Crippen LogP contribution in [0.2, 0.25) is 0 Å². The number of benzene rings is 3. The van der Waals surface area contributed by atoms with Gasteiger partial charge in [-0.05, 0) is 52.6 Å². The Labute approximate surface area is 173 Å². The Kier molecular flexibility index (Phi) is 5.32. The molecule has 1 aromatic heterocycles. The number of amides is 1. The van der Waals surface area contributed by atoms with E-state index in [9.17, 15) is 9.59 Å². The lowest BCUT2D eigenvalue weighted by atomic mass is 9.97. The first kappa shape index (κ1) is 19.4. The molecule has 6 nitrogen and oxygen atoms in total. The predicted molar refractivity (Wildman–Crippen MR) is 117 cm³/mol. The lowest BCUT2D eigenvalue weighted by Gasteiger charge is -2.12. The fourth-order valence-corrected chi connectivity index (χ4v) is 3.56. The van der Waals surface area contributed by atoms with E-state index in [2.05, 4.69) is 10.3 Å². The Morgan fingerprint density at radius 2 is 1.83 bits per heavy atom. The van der Waals surface area contributed by atoms with Crippen LogP contribution in [0.4, 0.5) is 5.69 Å². The van der Waals surface area contributed by atoms with Crippen molar-refractivity contribution in [3.63, 3.8) is 0 Å². The van der Waals surface area contributed by atoms with Gasteiger partial charge in [0.05, 0.1) is 6.42 Å². The van der Waals surface area contributed by atoms with Crippen molar-refractivity contribution in [1.29, 1.82) is 0 Å². The smallest absolute Gasteiger partial charge is 0.307 e. The van der Waals surface area contributed by atoms with E-state index >= 15 is 0 Å². The monoisotopic (exact) mass is 399 g/mol. The van der Waals surface area contributed by atoms with Gasteiger partial charge in [0.2, 0.25) is 0 Å². The van der Waals surface area contributed by atoms with E-state index in [4.69, 9.17) is 10.8 Å². The second-order valence-corrected chi connectivity index (χ2v) is 7.05. The number of hydrogen-bond acceptors (Lipinski definition) is 3. The van der Waals surface area contributed by atoms with Crippen LogP contribution in [0.3, 0.4) is 0 Å². The van der Waals surface area contributed by atoms with E-state index < -0.39 is 5.97 Å². The standard InChI is InChI=1S/C24H21N3O3/c25-14-15-4-3-6-16(10-15)20-11-18(12-22-19(20)8-9-26-22)24(30)27-21-7-2-1-5-17(21)13-23(28)29/h1-12,26H,13-14,25H2,(H,27,30)(H,28,29). The molecule has 0 saturated heterocycles. The maximum atomic E-state index is 13.0. The highest BCUT2D eigenvalue weighted by Gasteiger charge is 2.15. The molecule has 0 saturated carbocycles. The number of hydrogen-bond donors (Lipinski definition) is 4. The van der Waals surface area contributed by atoms with E-state index in [-0.39, 0.29) is 12.3 Å². The van der Waals surface area contributed by atoms with Crippen LogP contribution in [-0.2, 0) is 17.8 Å². The van der Waals surface area contributed by atoms with Gasteiger partial charge >= 0.3 is 5.97 Å². The third-order valence-electron chi connectivity index (χ3n) is 5.01. The van der Waals surface area contributed by atoms with Gasteiger partial charge in [-0.2, -0.15) is 0 Å². The summed E-state index contributed by atoms with van der Waals surface area (Å²) in [6, 6.07) is 20.5.